The van der Waals surface area contributed by atoms with Gasteiger partial charge in [0.2, 0.25) is 0 Å². The maximum absolute atomic E-state index is 6.28. The Bertz CT molecular complexity index is 540. The highest BCUT2D eigenvalue weighted by Gasteiger charge is 2.10. The van der Waals surface area contributed by atoms with Crippen LogP contribution in [-0.4, -0.2) is 23.9 Å². The smallest absolute Gasteiger partial charge is 0.0643 e. The van der Waals surface area contributed by atoms with Crippen molar-refractivity contribution in [3.8, 4) is 0 Å². The minimum Gasteiger partial charge on any atom is -0.378 e. The molecule has 1 atom stereocenters. The normalized spacial score (nSPS) is 12.7. The summed E-state index contributed by atoms with van der Waals surface area (Å²) >= 11 is 0. The predicted octanol–water partition coefficient (Wildman–Crippen LogP) is 2.77. The summed E-state index contributed by atoms with van der Waals surface area (Å²) in [5, 5.41) is 4.55. The van der Waals surface area contributed by atoms with Gasteiger partial charge in [0.1, 0.15) is 0 Å². The first-order valence-electron chi connectivity index (χ1n) is 7.04. The highest BCUT2D eigenvalue weighted by Crippen LogP contribution is 2.19. The van der Waals surface area contributed by atoms with Crippen LogP contribution in [0.1, 0.15) is 37.2 Å². The molecule has 0 saturated heterocycles. The highest BCUT2D eigenvalue weighted by atomic mass is 15.3. The summed E-state index contributed by atoms with van der Waals surface area (Å²) < 4.78 is 1.97. The van der Waals surface area contributed by atoms with Gasteiger partial charge in [0, 0.05) is 44.5 Å². The standard InChI is InChI=1S/C16H24N4/c1-12(2)20-10-9-14(18-20)11-16(17)13-5-7-15(8-6-13)19(3)4/h5-10,12,16H,11,17H2,1-4H3. The quantitative estimate of drug-likeness (QED) is 0.910. The second-order valence-electron chi connectivity index (χ2n) is 5.68. The topological polar surface area (TPSA) is 47.1 Å². The van der Waals surface area contributed by atoms with Crippen molar-refractivity contribution in [3.63, 3.8) is 0 Å². The van der Waals surface area contributed by atoms with Gasteiger partial charge in [-0.1, -0.05) is 12.1 Å². The van der Waals surface area contributed by atoms with Gasteiger partial charge < -0.3 is 10.6 Å². The summed E-state index contributed by atoms with van der Waals surface area (Å²) in [5.41, 5.74) is 9.65. The lowest BCUT2D eigenvalue weighted by atomic mass is 10.0. The van der Waals surface area contributed by atoms with Crippen molar-refractivity contribution in [3.05, 3.63) is 47.8 Å². The second kappa shape index (κ2) is 6.09. The summed E-state index contributed by atoms with van der Waals surface area (Å²) in [7, 11) is 4.07. The van der Waals surface area contributed by atoms with E-state index in [4.69, 9.17) is 5.73 Å². The molecule has 2 aromatic rings. The Labute approximate surface area is 121 Å². The third kappa shape index (κ3) is 3.39. The molecule has 2 N–H and O–H groups in total. The van der Waals surface area contributed by atoms with E-state index in [1.54, 1.807) is 0 Å². The van der Waals surface area contributed by atoms with Gasteiger partial charge in [-0.25, -0.2) is 0 Å². The third-order valence-electron chi connectivity index (χ3n) is 3.46. The molecule has 0 fully saturated rings. The van der Waals surface area contributed by atoms with Crippen LogP contribution in [0.3, 0.4) is 0 Å². The zero-order chi connectivity index (χ0) is 14.7. The molecule has 1 aromatic heterocycles. The molecule has 0 aliphatic heterocycles. The van der Waals surface area contributed by atoms with E-state index in [1.165, 1.54) is 5.69 Å². The minimum atomic E-state index is -0.0123. The van der Waals surface area contributed by atoms with Gasteiger partial charge in [0.15, 0.2) is 0 Å². The molecule has 0 saturated carbocycles. The number of rotatable bonds is 5. The van der Waals surface area contributed by atoms with Crippen LogP contribution >= 0.6 is 0 Å². The third-order valence-corrected chi connectivity index (χ3v) is 3.46. The van der Waals surface area contributed by atoms with Crippen LogP contribution in [0.15, 0.2) is 36.5 Å². The van der Waals surface area contributed by atoms with Crippen LogP contribution in [0.5, 0.6) is 0 Å². The van der Waals surface area contributed by atoms with Crippen LogP contribution in [0, 0.1) is 0 Å². The Balaban J connectivity index is 2.05. The van der Waals surface area contributed by atoms with Crippen molar-refractivity contribution in [1.29, 1.82) is 0 Å². The van der Waals surface area contributed by atoms with Gasteiger partial charge >= 0.3 is 0 Å². The Hall–Kier alpha value is -1.81. The summed E-state index contributed by atoms with van der Waals surface area (Å²) in [6.45, 7) is 4.24. The van der Waals surface area contributed by atoms with E-state index in [-0.39, 0.29) is 6.04 Å². The maximum Gasteiger partial charge on any atom is 0.0643 e. The fourth-order valence-corrected chi connectivity index (χ4v) is 2.14. The van der Waals surface area contributed by atoms with Crippen molar-refractivity contribution in [1.82, 2.24) is 9.78 Å². The molecule has 108 valence electrons. The Morgan fingerprint density at radius 2 is 1.80 bits per heavy atom. The second-order valence-corrected chi connectivity index (χ2v) is 5.68. The minimum absolute atomic E-state index is 0.0123. The van der Waals surface area contributed by atoms with Crippen LogP contribution in [-0.2, 0) is 6.42 Å². The number of nitrogens with zero attached hydrogens (tertiary/aromatic N) is 3. The van der Waals surface area contributed by atoms with E-state index in [0.29, 0.717) is 6.04 Å². The maximum atomic E-state index is 6.28. The highest BCUT2D eigenvalue weighted by molar-refractivity contribution is 5.46. The molecular weight excluding hydrogens is 248 g/mol. The molecule has 1 unspecified atom stereocenters. The Kier molecular flexibility index (Phi) is 4.45. The summed E-state index contributed by atoms with van der Waals surface area (Å²) in [6.07, 6.45) is 2.78. The van der Waals surface area contributed by atoms with E-state index in [9.17, 15) is 0 Å². The molecule has 2 rings (SSSR count). The predicted molar refractivity (Wildman–Crippen MR) is 84.0 cm³/mol. The van der Waals surface area contributed by atoms with Crippen molar-refractivity contribution in [2.45, 2.75) is 32.4 Å². The summed E-state index contributed by atoms with van der Waals surface area (Å²) in [6, 6.07) is 10.8. The first-order chi connectivity index (χ1) is 9.47. The van der Waals surface area contributed by atoms with Crippen molar-refractivity contribution in [2.24, 2.45) is 5.73 Å². The molecular formula is C16H24N4. The number of aromatic nitrogens is 2. The van der Waals surface area contributed by atoms with Gasteiger partial charge in [-0.3, -0.25) is 4.68 Å². The molecule has 1 heterocycles. The summed E-state index contributed by atoms with van der Waals surface area (Å²) in [5.74, 6) is 0. The van der Waals surface area contributed by atoms with E-state index >= 15 is 0 Å². The molecule has 1 aromatic carbocycles. The molecule has 4 heteroatoms. The lowest BCUT2D eigenvalue weighted by Gasteiger charge is -2.15. The number of nitrogens with two attached hydrogens (primary N) is 1. The van der Waals surface area contributed by atoms with Gasteiger partial charge in [-0.05, 0) is 37.6 Å². The van der Waals surface area contributed by atoms with Crippen LogP contribution < -0.4 is 10.6 Å². The van der Waals surface area contributed by atoms with E-state index in [1.807, 2.05) is 31.0 Å². The van der Waals surface area contributed by atoms with Crippen molar-refractivity contribution in [2.75, 3.05) is 19.0 Å². The molecule has 0 spiro atoms. The molecule has 0 radical (unpaired) electrons. The molecule has 4 nitrogen and oxygen atoms in total. The fourth-order valence-electron chi connectivity index (χ4n) is 2.14. The number of hydrogen-bond acceptors (Lipinski definition) is 3. The lowest BCUT2D eigenvalue weighted by Crippen LogP contribution is -2.15. The average molecular weight is 272 g/mol. The monoisotopic (exact) mass is 272 g/mol. The van der Waals surface area contributed by atoms with E-state index < -0.39 is 0 Å². The molecule has 0 amide bonds. The Morgan fingerprint density at radius 1 is 1.15 bits per heavy atom. The van der Waals surface area contributed by atoms with Crippen molar-refractivity contribution >= 4 is 5.69 Å². The largest absolute Gasteiger partial charge is 0.378 e. The number of hydrogen-bond donors (Lipinski definition) is 1. The zero-order valence-corrected chi connectivity index (χ0v) is 12.7. The number of benzene rings is 1. The average Bonchev–Trinajstić information content (AvgIpc) is 2.87. The van der Waals surface area contributed by atoms with Crippen LogP contribution in [0.2, 0.25) is 0 Å². The molecule has 0 aliphatic rings. The van der Waals surface area contributed by atoms with Gasteiger partial charge in [-0.2, -0.15) is 5.10 Å². The number of anilines is 1. The van der Waals surface area contributed by atoms with Crippen LogP contribution in [0.4, 0.5) is 5.69 Å². The molecule has 20 heavy (non-hydrogen) atoms. The van der Waals surface area contributed by atoms with Crippen molar-refractivity contribution < 1.29 is 0 Å². The fraction of sp³-hybridized carbons (Fsp3) is 0.438. The van der Waals surface area contributed by atoms with E-state index in [2.05, 4.69) is 48.1 Å². The first kappa shape index (κ1) is 14.6. The molecule has 0 bridgehead atoms. The van der Waals surface area contributed by atoms with Gasteiger partial charge in [0.25, 0.3) is 0 Å². The first-order valence-corrected chi connectivity index (χ1v) is 7.04. The van der Waals surface area contributed by atoms with Gasteiger partial charge in [0.05, 0.1) is 5.69 Å². The lowest BCUT2D eigenvalue weighted by molar-refractivity contribution is 0.522. The molecule has 0 aliphatic carbocycles. The van der Waals surface area contributed by atoms with E-state index in [0.717, 1.165) is 17.7 Å². The van der Waals surface area contributed by atoms with Crippen LogP contribution in [0.25, 0.3) is 0 Å². The Morgan fingerprint density at radius 3 is 2.30 bits per heavy atom. The zero-order valence-electron chi connectivity index (χ0n) is 12.7. The SMILES string of the molecule is CC(C)n1ccc(CC(N)c2ccc(N(C)C)cc2)n1. The summed E-state index contributed by atoms with van der Waals surface area (Å²) in [4.78, 5) is 2.08. The van der Waals surface area contributed by atoms with Gasteiger partial charge in [-0.15, -0.1) is 0 Å².